The van der Waals surface area contributed by atoms with Gasteiger partial charge in [0.05, 0.1) is 17.8 Å². The average molecular weight is 336 g/mol. The molecular formula is C20H22N3S+. The summed E-state index contributed by atoms with van der Waals surface area (Å²) in [5.41, 5.74) is 11.9. The van der Waals surface area contributed by atoms with Crippen LogP contribution in [-0.4, -0.2) is 17.4 Å². The lowest BCUT2D eigenvalue weighted by molar-refractivity contribution is -0.456. The Morgan fingerprint density at radius 2 is 1.62 bits per heavy atom. The van der Waals surface area contributed by atoms with Gasteiger partial charge in [0.15, 0.2) is 0 Å². The molecule has 3 rings (SSSR count). The van der Waals surface area contributed by atoms with Gasteiger partial charge < -0.3 is 0 Å². The lowest BCUT2D eigenvalue weighted by Crippen LogP contribution is -2.76. The highest BCUT2D eigenvalue weighted by molar-refractivity contribution is 7.13. The second-order valence-corrected chi connectivity index (χ2v) is 6.82. The van der Waals surface area contributed by atoms with E-state index in [1.807, 2.05) is 12.1 Å². The highest BCUT2D eigenvalue weighted by Gasteiger charge is 2.06. The van der Waals surface area contributed by atoms with Crippen LogP contribution in [0.2, 0.25) is 0 Å². The first kappa shape index (κ1) is 16.4. The molecule has 122 valence electrons. The normalized spacial score (nSPS) is 11.7. The van der Waals surface area contributed by atoms with Gasteiger partial charge in [0.1, 0.15) is 5.01 Å². The molecule has 0 fully saturated rings. The van der Waals surface area contributed by atoms with Crippen molar-refractivity contribution in [3.05, 3.63) is 76.3 Å². The molecule has 0 aliphatic heterocycles. The molecular weight excluding hydrogens is 314 g/mol. The van der Waals surface area contributed by atoms with Crippen LogP contribution in [0.15, 0.2) is 53.9 Å². The van der Waals surface area contributed by atoms with E-state index in [1.165, 1.54) is 16.7 Å². The summed E-state index contributed by atoms with van der Waals surface area (Å²) in [6.07, 6.45) is 0.856. The molecule has 0 aliphatic rings. The third-order valence-electron chi connectivity index (χ3n) is 3.91. The van der Waals surface area contributed by atoms with Crippen molar-refractivity contribution in [1.29, 1.82) is 0 Å². The van der Waals surface area contributed by atoms with Crippen LogP contribution in [0, 0.1) is 13.8 Å². The average Bonchev–Trinajstić information content (AvgIpc) is 3.05. The number of benzene rings is 2. The van der Waals surface area contributed by atoms with E-state index in [0.717, 1.165) is 29.2 Å². The standard InChI is InChI=1S/C20H21N3S/c1-14-3-7-16(8-4-14)19(21)22-12-11-18-13-24-20(23-18)17-9-5-15(2)6-10-17/h3-10,13H,11-12H2,1-2H3,(H2,21,22)/p+1. The van der Waals surface area contributed by atoms with Gasteiger partial charge in [-0.2, -0.15) is 0 Å². The van der Waals surface area contributed by atoms with Crippen LogP contribution in [0.5, 0.6) is 0 Å². The van der Waals surface area contributed by atoms with E-state index in [0.29, 0.717) is 5.84 Å². The van der Waals surface area contributed by atoms with Crippen molar-refractivity contribution in [3.63, 3.8) is 0 Å². The first-order chi connectivity index (χ1) is 11.6. The number of nitrogens with zero attached hydrogens (tertiary/aromatic N) is 1. The number of aromatic nitrogens is 1. The van der Waals surface area contributed by atoms with Crippen LogP contribution in [0.25, 0.3) is 10.6 Å². The molecule has 3 nitrogen and oxygen atoms in total. The Labute approximate surface area is 146 Å². The van der Waals surface area contributed by atoms with Gasteiger partial charge in [-0.25, -0.2) is 4.98 Å². The van der Waals surface area contributed by atoms with E-state index in [-0.39, 0.29) is 0 Å². The predicted octanol–water partition coefficient (Wildman–Crippen LogP) is 2.46. The largest absolute Gasteiger partial charge is 0.287 e. The number of rotatable bonds is 5. The van der Waals surface area contributed by atoms with Crippen molar-refractivity contribution in [2.75, 3.05) is 6.54 Å². The molecule has 0 bridgehead atoms. The molecule has 0 radical (unpaired) electrons. The topological polar surface area (TPSA) is 52.9 Å². The van der Waals surface area contributed by atoms with Crippen molar-refractivity contribution in [3.8, 4) is 10.6 Å². The van der Waals surface area contributed by atoms with Gasteiger partial charge in [-0.15, -0.1) is 11.3 Å². The number of nitrogens with one attached hydrogen (secondary N) is 1. The van der Waals surface area contributed by atoms with E-state index in [2.05, 4.69) is 60.6 Å². The molecule has 0 atom stereocenters. The Hall–Kier alpha value is -2.46. The van der Waals surface area contributed by atoms with Crippen LogP contribution in [0.1, 0.15) is 22.4 Å². The van der Waals surface area contributed by atoms with Crippen molar-refractivity contribution < 1.29 is 4.99 Å². The first-order valence-corrected chi connectivity index (χ1v) is 8.94. The third-order valence-corrected chi connectivity index (χ3v) is 4.85. The van der Waals surface area contributed by atoms with Crippen molar-refractivity contribution in [2.24, 2.45) is 5.73 Å². The van der Waals surface area contributed by atoms with Gasteiger partial charge >= 0.3 is 0 Å². The molecule has 0 saturated carbocycles. The molecule has 2 aromatic carbocycles. The fourth-order valence-corrected chi connectivity index (χ4v) is 3.27. The smallest absolute Gasteiger partial charge is 0.272 e. The molecule has 3 aromatic rings. The van der Waals surface area contributed by atoms with Crippen molar-refractivity contribution in [1.82, 2.24) is 4.98 Å². The van der Waals surface area contributed by atoms with Gasteiger partial charge in [-0.3, -0.25) is 10.7 Å². The third kappa shape index (κ3) is 4.09. The van der Waals surface area contributed by atoms with Crippen LogP contribution < -0.4 is 10.7 Å². The Bertz CT molecular complexity index is 830. The van der Waals surface area contributed by atoms with Gasteiger partial charge in [-0.1, -0.05) is 47.5 Å². The zero-order valence-corrected chi connectivity index (χ0v) is 14.9. The van der Waals surface area contributed by atoms with E-state index in [1.54, 1.807) is 11.3 Å². The fraction of sp³-hybridized carbons (Fsp3) is 0.200. The molecule has 0 saturated heterocycles. The molecule has 3 N–H and O–H groups in total. The number of aryl methyl sites for hydroxylation is 2. The van der Waals surface area contributed by atoms with Crippen LogP contribution in [0.3, 0.4) is 0 Å². The van der Waals surface area contributed by atoms with E-state index < -0.39 is 0 Å². The summed E-state index contributed by atoms with van der Waals surface area (Å²) in [4.78, 5) is 8.00. The summed E-state index contributed by atoms with van der Waals surface area (Å²) in [6.45, 7) is 4.94. The minimum absolute atomic E-state index is 0.712. The number of nitrogens with two attached hydrogens (primary N) is 1. The molecule has 24 heavy (non-hydrogen) atoms. The molecule has 0 unspecified atom stereocenters. The number of thiazole rings is 1. The maximum absolute atomic E-state index is 6.11. The molecule has 1 heterocycles. The molecule has 1 aromatic heterocycles. The highest BCUT2D eigenvalue weighted by Crippen LogP contribution is 2.23. The van der Waals surface area contributed by atoms with Crippen LogP contribution in [0.4, 0.5) is 0 Å². The Balaban J connectivity index is 1.62. The summed E-state index contributed by atoms with van der Waals surface area (Å²) in [6, 6.07) is 16.7. The Kier molecular flexibility index (Phi) is 5.06. The van der Waals surface area contributed by atoms with Gasteiger partial charge in [0.25, 0.3) is 5.84 Å². The summed E-state index contributed by atoms with van der Waals surface area (Å²) in [5.74, 6) is 0.712. The SMILES string of the molecule is Cc1ccc(C(N)=[NH+]CCc2csc(-c3ccc(C)cc3)n2)cc1. The number of hydrogen-bond acceptors (Lipinski definition) is 2. The lowest BCUT2D eigenvalue weighted by Gasteiger charge is -1.98. The maximum atomic E-state index is 6.11. The van der Waals surface area contributed by atoms with E-state index >= 15 is 0 Å². The second-order valence-electron chi connectivity index (χ2n) is 5.97. The van der Waals surface area contributed by atoms with Crippen LogP contribution >= 0.6 is 11.3 Å². The van der Waals surface area contributed by atoms with E-state index in [4.69, 9.17) is 10.7 Å². The highest BCUT2D eigenvalue weighted by atomic mass is 32.1. The van der Waals surface area contributed by atoms with E-state index in [9.17, 15) is 0 Å². The van der Waals surface area contributed by atoms with Crippen molar-refractivity contribution >= 4 is 17.2 Å². The molecule has 0 amide bonds. The fourth-order valence-electron chi connectivity index (χ4n) is 2.41. The number of amidine groups is 1. The van der Waals surface area contributed by atoms with Gasteiger partial charge in [0, 0.05) is 17.4 Å². The zero-order chi connectivity index (χ0) is 16.9. The molecule has 4 heteroatoms. The number of hydrogen-bond donors (Lipinski definition) is 2. The lowest BCUT2D eigenvalue weighted by atomic mass is 10.1. The number of nitrogen functional groups attached to an aromatic ring is 1. The summed E-state index contributed by atoms with van der Waals surface area (Å²) >= 11 is 1.69. The monoisotopic (exact) mass is 336 g/mol. The summed E-state index contributed by atoms with van der Waals surface area (Å²) in [7, 11) is 0. The minimum atomic E-state index is 0.712. The first-order valence-electron chi connectivity index (χ1n) is 8.06. The zero-order valence-electron chi connectivity index (χ0n) is 14.0. The Morgan fingerprint density at radius 3 is 2.29 bits per heavy atom. The van der Waals surface area contributed by atoms with Gasteiger partial charge in [0.2, 0.25) is 0 Å². The molecule has 0 spiro atoms. The predicted molar refractivity (Wildman–Crippen MR) is 101 cm³/mol. The van der Waals surface area contributed by atoms with Gasteiger partial charge in [-0.05, 0) is 26.0 Å². The quantitative estimate of drug-likeness (QED) is 0.555. The van der Waals surface area contributed by atoms with Crippen molar-refractivity contribution in [2.45, 2.75) is 20.3 Å². The Morgan fingerprint density at radius 1 is 1.00 bits per heavy atom. The van der Waals surface area contributed by atoms with Crippen LogP contribution in [-0.2, 0) is 6.42 Å². The summed E-state index contributed by atoms with van der Waals surface area (Å²) < 4.78 is 0. The minimum Gasteiger partial charge on any atom is -0.287 e. The molecule has 0 aliphatic carbocycles. The summed E-state index contributed by atoms with van der Waals surface area (Å²) in [5, 5.41) is 3.19. The maximum Gasteiger partial charge on any atom is 0.272 e. The second kappa shape index (κ2) is 7.41.